The summed E-state index contributed by atoms with van der Waals surface area (Å²) in [6.45, 7) is 2.16. The number of thiophene rings is 1. The normalized spacial score (nSPS) is 10.9. The third-order valence-corrected chi connectivity index (χ3v) is 5.74. The van der Waals surface area contributed by atoms with Gasteiger partial charge in [0.15, 0.2) is 0 Å². The Balaban J connectivity index is 1.67. The molecule has 0 fully saturated rings. The predicted molar refractivity (Wildman–Crippen MR) is 116 cm³/mol. The van der Waals surface area contributed by atoms with E-state index in [2.05, 4.69) is 5.32 Å². The van der Waals surface area contributed by atoms with Crippen molar-refractivity contribution in [2.75, 3.05) is 12.4 Å². The van der Waals surface area contributed by atoms with Crippen LogP contribution in [0.5, 0.6) is 0 Å². The number of ether oxygens (including phenoxy) is 1. The Morgan fingerprint density at radius 2 is 1.97 bits per heavy atom. The zero-order valence-corrected chi connectivity index (χ0v) is 17.3. The number of amides is 1. The second-order valence-corrected chi connectivity index (χ2v) is 7.84. The number of halogens is 1. The molecular formula is C23H19FN2O3S. The van der Waals surface area contributed by atoms with Crippen LogP contribution in [-0.4, -0.2) is 23.6 Å². The molecule has 0 aliphatic rings. The van der Waals surface area contributed by atoms with Crippen molar-refractivity contribution in [1.82, 2.24) is 4.57 Å². The van der Waals surface area contributed by atoms with E-state index in [0.717, 1.165) is 21.3 Å². The number of hydrogen-bond donors (Lipinski definition) is 1. The van der Waals surface area contributed by atoms with Crippen molar-refractivity contribution in [1.29, 1.82) is 0 Å². The molecule has 0 spiro atoms. The molecule has 0 saturated carbocycles. The zero-order valence-electron chi connectivity index (χ0n) is 16.4. The molecule has 7 heteroatoms. The lowest BCUT2D eigenvalue weighted by molar-refractivity contribution is 0.0599. The summed E-state index contributed by atoms with van der Waals surface area (Å²) in [7, 11) is 1.32. The Morgan fingerprint density at radius 3 is 2.73 bits per heavy atom. The minimum Gasteiger partial charge on any atom is -0.465 e. The summed E-state index contributed by atoms with van der Waals surface area (Å²) in [5.41, 5.74) is 3.78. The van der Waals surface area contributed by atoms with Crippen LogP contribution in [0.3, 0.4) is 0 Å². The molecule has 5 nitrogen and oxygen atoms in total. The van der Waals surface area contributed by atoms with Crippen LogP contribution in [0.4, 0.5) is 10.1 Å². The van der Waals surface area contributed by atoms with Crippen LogP contribution < -0.4 is 5.32 Å². The second-order valence-electron chi connectivity index (χ2n) is 6.89. The second kappa shape index (κ2) is 8.12. The minimum absolute atomic E-state index is 0.311. The number of carbonyl (C=O) groups excluding carboxylic acids is 2. The summed E-state index contributed by atoms with van der Waals surface area (Å²) >= 11 is 1.53. The molecule has 0 aliphatic heterocycles. The van der Waals surface area contributed by atoms with Crippen LogP contribution in [0.25, 0.3) is 10.2 Å². The topological polar surface area (TPSA) is 60.3 Å². The number of nitrogens with zero attached hydrogens (tertiary/aromatic N) is 1. The van der Waals surface area contributed by atoms with Gasteiger partial charge in [0, 0.05) is 12.2 Å². The van der Waals surface area contributed by atoms with Gasteiger partial charge in [-0.1, -0.05) is 18.2 Å². The standard InChI is InChI=1S/C23H19FN2O3S/c1-14-6-7-17(11-18(14)23(28)29-2)25-22(27)20-12-21-19(8-9-30-21)26(20)13-15-4-3-5-16(24)10-15/h3-12H,13H2,1-2H3,(H,25,27). The fourth-order valence-corrected chi connectivity index (χ4v) is 4.20. The summed E-state index contributed by atoms with van der Waals surface area (Å²) in [4.78, 5) is 25.0. The Kier molecular flexibility index (Phi) is 5.37. The van der Waals surface area contributed by atoms with E-state index in [1.165, 1.54) is 30.6 Å². The van der Waals surface area contributed by atoms with Crippen molar-refractivity contribution in [2.45, 2.75) is 13.5 Å². The first-order valence-electron chi connectivity index (χ1n) is 9.28. The summed E-state index contributed by atoms with van der Waals surface area (Å²) in [6.07, 6.45) is 0. The third-order valence-electron chi connectivity index (χ3n) is 4.89. The van der Waals surface area contributed by atoms with E-state index >= 15 is 0 Å². The zero-order chi connectivity index (χ0) is 21.3. The van der Waals surface area contributed by atoms with E-state index < -0.39 is 5.97 Å². The smallest absolute Gasteiger partial charge is 0.338 e. The quantitative estimate of drug-likeness (QED) is 0.448. The SMILES string of the molecule is COC(=O)c1cc(NC(=O)c2cc3sccc3n2Cc2cccc(F)c2)ccc1C. The Bertz CT molecular complexity index is 1260. The predicted octanol–water partition coefficient (Wildman–Crippen LogP) is 5.24. The molecule has 1 N–H and O–H groups in total. The largest absolute Gasteiger partial charge is 0.465 e. The maximum absolute atomic E-state index is 13.6. The first-order valence-corrected chi connectivity index (χ1v) is 10.2. The number of rotatable bonds is 5. The molecule has 0 bridgehead atoms. The van der Waals surface area contributed by atoms with Gasteiger partial charge in [-0.25, -0.2) is 9.18 Å². The lowest BCUT2D eigenvalue weighted by atomic mass is 10.1. The molecule has 0 unspecified atom stereocenters. The Morgan fingerprint density at radius 1 is 1.13 bits per heavy atom. The maximum atomic E-state index is 13.6. The first kappa shape index (κ1) is 19.8. The van der Waals surface area contributed by atoms with Crippen molar-refractivity contribution >= 4 is 39.1 Å². The number of aromatic nitrogens is 1. The van der Waals surface area contributed by atoms with Crippen LogP contribution in [0.1, 0.15) is 32.0 Å². The average molecular weight is 422 g/mol. The maximum Gasteiger partial charge on any atom is 0.338 e. The molecule has 2 aromatic heterocycles. The molecule has 0 atom stereocenters. The first-order chi connectivity index (χ1) is 14.5. The molecule has 4 rings (SSSR count). The van der Waals surface area contributed by atoms with E-state index in [1.807, 2.05) is 28.1 Å². The number of aryl methyl sites for hydroxylation is 1. The highest BCUT2D eigenvalue weighted by Crippen LogP contribution is 2.27. The lowest BCUT2D eigenvalue weighted by Crippen LogP contribution is -2.18. The summed E-state index contributed by atoms with van der Waals surface area (Å²) in [6, 6.07) is 15.2. The Hall–Kier alpha value is -3.45. The van der Waals surface area contributed by atoms with Crippen LogP contribution >= 0.6 is 11.3 Å². The van der Waals surface area contributed by atoms with Gasteiger partial charge in [0.25, 0.3) is 5.91 Å². The van der Waals surface area contributed by atoms with Crippen molar-refractivity contribution in [2.24, 2.45) is 0 Å². The van der Waals surface area contributed by atoms with E-state index in [1.54, 1.807) is 31.2 Å². The summed E-state index contributed by atoms with van der Waals surface area (Å²) < 4.78 is 21.3. The average Bonchev–Trinajstić information content (AvgIpc) is 3.31. The fraction of sp³-hybridized carbons (Fsp3) is 0.130. The molecule has 152 valence electrons. The summed E-state index contributed by atoms with van der Waals surface area (Å²) in [5, 5.41) is 4.81. The van der Waals surface area contributed by atoms with Gasteiger partial charge in [-0.3, -0.25) is 4.79 Å². The molecule has 2 heterocycles. The number of methoxy groups -OCH3 is 1. The van der Waals surface area contributed by atoms with Gasteiger partial charge in [-0.15, -0.1) is 11.3 Å². The number of hydrogen-bond acceptors (Lipinski definition) is 4. The fourth-order valence-electron chi connectivity index (χ4n) is 3.38. The van der Waals surface area contributed by atoms with Crippen LogP contribution in [0.2, 0.25) is 0 Å². The number of esters is 1. The highest BCUT2D eigenvalue weighted by molar-refractivity contribution is 7.17. The number of nitrogens with one attached hydrogen (secondary N) is 1. The van der Waals surface area contributed by atoms with Crippen molar-refractivity contribution in [3.63, 3.8) is 0 Å². The van der Waals surface area contributed by atoms with E-state index in [0.29, 0.717) is 23.5 Å². The molecular weight excluding hydrogens is 403 g/mol. The summed E-state index contributed by atoms with van der Waals surface area (Å²) in [5.74, 6) is -1.09. The molecule has 0 saturated heterocycles. The van der Waals surface area contributed by atoms with Gasteiger partial charge in [0.2, 0.25) is 0 Å². The number of benzene rings is 2. The van der Waals surface area contributed by atoms with E-state index in [4.69, 9.17) is 4.74 Å². The number of fused-ring (bicyclic) bond motifs is 1. The molecule has 0 aliphatic carbocycles. The van der Waals surface area contributed by atoms with Crippen molar-refractivity contribution in [3.8, 4) is 0 Å². The highest BCUT2D eigenvalue weighted by atomic mass is 32.1. The van der Waals surface area contributed by atoms with Crippen LogP contribution in [0, 0.1) is 12.7 Å². The van der Waals surface area contributed by atoms with Crippen molar-refractivity contribution in [3.05, 3.63) is 88.2 Å². The molecule has 4 aromatic rings. The Labute approximate surface area is 176 Å². The third kappa shape index (κ3) is 3.84. The molecule has 2 aromatic carbocycles. The van der Waals surface area contributed by atoms with E-state index in [-0.39, 0.29) is 11.7 Å². The monoisotopic (exact) mass is 422 g/mol. The van der Waals surface area contributed by atoms with Gasteiger partial charge in [0.05, 0.1) is 22.9 Å². The van der Waals surface area contributed by atoms with Gasteiger partial charge < -0.3 is 14.6 Å². The lowest BCUT2D eigenvalue weighted by Gasteiger charge is -2.12. The van der Waals surface area contributed by atoms with Crippen LogP contribution in [-0.2, 0) is 11.3 Å². The van der Waals surface area contributed by atoms with Gasteiger partial charge >= 0.3 is 5.97 Å². The minimum atomic E-state index is -0.460. The van der Waals surface area contributed by atoms with Gasteiger partial charge in [0.1, 0.15) is 11.5 Å². The number of carbonyl (C=O) groups is 2. The van der Waals surface area contributed by atoms with Gasteiger partial charge in [-0.2, -0.15) is 0 Å². The molecule has 1 amide bonds. The van der Waals surface area contributed by atoms with E-state index in [9.17, 15) is 14.0 Å². The van der Waals surface area contributed by atoms with Gasteiger partial charge in [-0.05, 0) is 59.8 Å². The number of anilines is 1. The molecule has 0 radical (unpaired) electrons. The van der Waals surface area contributed by atoms with Crippen molar-refractivity contribution < 1.29 is 18.7 Å². The molecule has 30 heavy (non-hydrogen) atoms. The highest BCUT2D eigenvalue weighted by Gasteiger charge is 2.18. The van der Waals surface area contributed by atoms with Crippen LogP contribution in [0.15, 0.2) is 60.0 Å².